The topological polar surface area (TPSA) is 86.3 Å². The molecule has 2 N–H and O–H groups in total. The van der Waals surface area contributed by atoms with Crippen molar-refractivity contribution in [3.63, 3.8) is 0 Å². The average molecular weight is 422 g/mol. The van der Waals surface area contributed by atoms with Crippen LogP contribution in [0, 0.1) is 0 Å². The van der Waals surface area contributed by atoms with Crippen LogP contribution in [0.2, 0.25) is 0 Å². The number of nitrogens with zero attached hydrogens (tertiary/aromatic N) is 3. The Kier molecular flexibility index (Phi) is 9.63. The van der Waals surface area contributed by atoms with Gasteiger partial charge in [0.25, 0.3) is 0 Å². The highest BCUT2D eigenvalue weighted by atomic mass is 32.2. The molecule has 0 unspecified atom stereocenters. The van der Waals surface area contributed by atoms with Crippen molar-refractivity contribution >= 4 is 29.7 Å². The second kappa shape index (κ2) is 12.2. The molecule has 0 saturated carbocycles. The Labute approximate surface area is 177 Å². The highest BCUT2D eigenvalue weighted by molar-refractivity contribution is 7.99. The quantitative estimate of drug-likeness (QED) is 0.301. The number of benzene rings is 1. The van der Waals surface area contributed by atoms with E-state index in [4.69, 9.17) is 4.74 Å². The van der Waals surface area contributed by atoms with Crippen LogP contribution in [0.3, 0.4) is 0 Å². The van der Waals surface area contributed by atoms with Crippen molar-refractivity contribution in [3.8, 4) is 0 Å². The van der Waals surface area contributed by atoms with Crippen molar-refractivity contribution in [3.05, 3.63) is 30.3 Å². The largest absolute Gasteiger partial charge is 0.453 e. The van der Waals surface area contributed by atoms with Gasteiger partial charge < -0.3 is 25.2 Å². The Hall–Kier alpha value is -2.42. The lowest BCUT2D eigenvalue weighted by atomic mass is 10.1. The zero-order valence-electron chi connectivity index (χ0n) is 17.4. The minimum absolute atomic E-state index is 0.0507. The molecule has 0 spiro atoms. The summed E-state index contributed by atoms with van der Waals surface area (Å²) in [5.41, 5.74) is 0. The van der Waals surface area contributed by atoms with Crippen molar-refractivity contribution < 1.29 is 14.3 Å². The van der Waals surface area contributed by atoms with Crippen molar-refractivity contribution in [1.29, 1.82) is 0 Å². The molecule has 0 aliphatic carbocycles. The van der Waals surface area contributed by atoms with Crippen molar-refractivity contribution in [2.75, 3.05) is 53.1 Å². The maximum atomic E-state index is 11.9. The first-order valence-electron chi connectivity index (χ1n) is 9.75. The van der Waals surface area contributed by atoms with Crippen LogP contribution in [0.4, 0.5) is 4.79 Å². The fraction of sp³-hybridized carbons (Fsp3) is 0.550. The van der Waals surface area contributed by atoms with Gasteiger partial charge in [-0.05, 0) is 25.0 Å². The average Bonchev–Trinajstić information content (AvgIpc) is 2.75. The van der Waals surface area contributed by atoms with E-state index in [0.29, 0.717) is 19.0 Å². The maximum absolute atomic E-state index is 11.9. The van der Waals surface area contributed by atoms with Crippen LogP contribution in [-0.4, -0.2) is 86.9 Å². The van der Waals surface area contributed by atoms with E-state index in [2.05, 4.69) is 27.8 Å². The van der Waals surface area contributed by atoms with Gasteiger partial charge in [-0.15, -0.1) is 11.8 Å². The van der Waals surface area contributed by atoms with Gasteiger partial charge in [0.2, 0.25) is 5.91 Å². The van der Waals surface area contributed by atoms with E-state index in [-0.39, 0.29) is 24.6 Å². The first kappa shape index (κ1) is 22.9. The number of rotatable bonds is 7. The Balaban J connectivity index is 1.85. The summed E-state index contributed by atoms with van der Waals surface area (Å²) in [6.07, 6.45) is 1.32. The molecule has 0 bridgehead atoms. The summed E-state index contributed by atoms with van der Waals surface area (Å²) in [6.45, 7) is 2.09. The molecule has 29 heavy (non-hydrogen) atoms. The Bertz CT molecular complexity index is 676. The molecule has 2 amide bonds. The minimum Gasteiger partial charge on any atom is -0.453 e. The summed E-state index contributed by atoms with van der Waals surface area (Å²) < 4.78 is 4.78. The number of methoxy groups -OCH3 is 1. The van der Waals surface area contributed by atoms with Crippen molar-refractivity contribution in [1.82, 2.24) is 20.4 Å². The Morgan fingerprint density at radius 3 is 2.55 bits per heavy atom. The molecule has 8 nitrogen and oxygen atoms in total. The zero-order chi connectivity index (χ0) is 21.1. The van der Waals surface area contributed by atoms with Crippen LogP contribution in [0.25, 0.3) is 0 Å². The number of carbonyl (C=O) groups is 2. The molecule has 2 rings (SSSR count). The molecule has 0 atom stereocenters. The van der Waals surface area contributed by atoms with Crippen LogP contribution in [0.5, 0.6) is 0 Å². The number of nitrogens with one attached hydrogen (secondary N) is 2. The molecule has 1 saturated heterocycles. The number of guanidine groups is 1. The standard InChI is InChI=1S/C20H31N5O3S/c1-24(2)18(26)15-22-19(21-11-14-29-17-7-5-4-6-8-17)23-16-9-12-25(13-10-16)20(27)28-3/h4-8,16H,9-15H2,1-3H3,(H2,21,22,23). The molecule has 0 radical (unpaired) electrons. The second-order valence-corrected chi connectivity index (χ2v) is 8.09. The number of hydrogen-bond donors (Lipinski definition) is 2. The highest BCUT2D eigenvalue weighted by Gasteiger charge is 2.23. The normalized spacial score (nSPS) is 15.0. The van der Waals surface area contributed by atoms with E-state index >= 15 is 0 Å². The summed E-state index contributed by atoms with van der Waals surface area (Å²) in [4.78, 5) is 32.4. The van der Waals surface area contributed by atoms with Gasteiger partial charge in [0, 0.05) is 50.4 Å². The third kappa shape index (κ3) is 8.23. The first-order valence-corrected chi connectivity index (χ1v) is 10.7. The van der Waals surface area contributed by atoms with E-state index in [9.17, 15) is 9.59 Å². The van der Waals surface area contributed by atoms with Crippen LogP contribution >= 0.6 is 11.8 Å². The number of thioether (sulfide) groups is 1. The van der Waals surface area contributed by atoms with Gasteiger partial charge in [-0.3, -0.25) is 4.79 Å². The summed E-state index contributed by atoms with van der Waals surface area (Å²) in [6, 6.07) is 10.4. The third-order valence-corrected chi connectivity index (χ3v) is 5.56. The lowest BCUT2D eigenvalue weighted by Crippen LogP contribution is -2.50. The molecule has 1 heterocycles. The van der Waals surface area contributed by atoms with Gasteiger partial charge in [-0.25, -0.2) is 9.79 Å². The highest BCUT2D eigenvalue weighted by Crippen LogP contribution is 2.16. The minimum atomic E-state index is -0.287. The maximum Gasteiger partial charge on any atom is 0.409 e. The van der Waals surface area contributed by atoms with Gasteiger partial charge >= 0.3 is 6.09 Å². The molecule has 9 heteroatoms. The van der Waals surface area contributed by atoms with Gasteiger partial charge in [-0.2, -0.15) is 0 Å². The second-order valence-electron chi connectivity index (χ2n) is 6.92. The summed E-state index contributed by atoms with van der Waals surface area (Å²) in [5, 5.41) is 6.73. The molecule has 1 fully saturated rings. The van der Waals surface area contributed by atoms with E-state index in [1.54, 1.807) is 30.8 Å². The third-order valence-electron chi connectivity index (χ3n) is 4.55. The van der Waals surface area contributed by atoms with E-state index in [1.165, 1.54) is 16.9 Å². The first-order chi connectivity index (χ1) is 14.0. The summed E-state index contributed by atoms with van der Waals surface area (Å²) in [5.74, 6) is 1.46. The number of likely N-dealkylation sites (tertiary alicyclic amines) is 1. The van der Waals surface area contributed by atoms with Gasteiger partial charge in [0.15, 0.2) is 5.96 Å². The molecule has 160 valence electrons. The van der Waals surface area contributed by atoms with Crippen molar-refractivity contribution in [2.24, 2.45) is 4.99 Å². The smallest absolute Gasteiger partial charge is 0.409 e. The van der Waals surface area contributed by atoms with E-state index < -0.39 is 0 Å². The van der Waals surface area contributed by atoms with Gasteiger partial charge in [0.05, 0.1) is 7.11 Å². The molecule has 1 aliphatic heterocycles. The zero-order valence-corrected chi connectivity index (χ0v) is 18.2. The number of aliphatic imine (C=N–C) groups is 1. The Morgan fingerprint density at radius 1 is 1.24 bits per heavy atom. The fourth-order valence-corrected chi connectivity index (χ4v) is 3.61. The lowest BCUT2D eigenvalue weighted by Gasteiger charge is -2.32. The number of hydrogen-bond acceptors (Lipinski definition) is 5. The number of likely N-dealkylation sites (N-methyl/N-ethyl adjacent to an activating group) is 1. The van der Waals surface area contributed by atoms with E-state index in [0.717, 1.165) is 25.1 Å². The SMILES string of the molecule is COC(=O)N1CCC(NC(=NCC(=O)N(C)C)NCCSc2ccccc2)CC1. The number of piperidine rings is 1. The van der Waals surface area contributed by atoms with Crippen molar-refractivity contribution in [2.45, 2.75) is 23.8 Å². The van der Waals surface area contributed by atoms with Crippen LogP contribution in [0.15, 0.2) is 40.2 Å². The van der Waals surface area contributed by atoms with E-state index in [1.807, 2.05) is 18.2 Å². The molecular formula is C20H31N5O3S. The summed E-state index contributed by atoms with van der Waals surface area (Å²) in [7, 11) is 4.84. The number of carbonyl (C=O) groups excluding carboxylic acids is 2. The predicted octanol–water partition coefficient (Wildman–Crippen LogP) is 1.63. The van der Waals surface area contributed by atoms with Crippen LogP contribution < -0.4 is 10.6 Å². The molecular weight excluding hydrogens is 390 g/mol. The molecule has 1 aromatic rings. The van der Waals surface area contributed by atoms with Gasteiger partial charge in [-0.1, -0.05) is 18.2 Å². The van der Waals surface area contributed by atoms with Crippen LogP contribution in [-0.2, 0) is 9.53 Å². The van der Waals surface area contributed by atoms with Gasteiger partial charge in [0.1, 0.15) is 6.54 Å². The number of ether oxygens (including phenoxy) is 1. The molecule has 0 aromatic heterocycles. The number of amides is 2. The molecule has 1 aliphatic rings. The van der Waals surface area contributed by atoms with Crippen LogP contribution in [0.1, 0.15) is 12.8 Å². The summed E-state index contributed by atoms with van der Waals surface area (Å²) >= 11 is 1.77. The predicted molar refractivity (Wildman–Crippen MR) is 116 cm³/mol. The molecule has 1 aromatic carbocycles. The monoisotopic (exact) mass is 421 g/mol. The lowest BCUT2D eigenvalue weighted by molar-refractivity contribution is -0.127. The Morgan fingerprint density at radius 2 is 1.93 bits per heavy atom. The fourth-order valence-electron chi connectivity index (χ4n) is 2.82.